The number of sulfonamides is 1. The third-order valence-corrected chi connectivity index (χ3v) is 8.10. The minimum absolute atomic E-state index is 0.0646. The number of benzene rings is 2. The van der Waals surface area contributed by atoms with E-state index in [9.17, 15) is 18.0 Å². The number of aromatic nitrogens is 3. The molecule has 1 aliphatic heterocycles. The number of carbonyl (C=O) groups excluding carboxylic acids is 2. The summed E-state index contributed by atoms with van der Waals surface area (Å²) in [7, 11) is -1.95. The second-order valence-corrected chi connectivity index (χ2v) is 11.1. The number of hydrogen-bond acceptors (Lipinski definition) is 10. The lowest BCUT2D eigenvalue weighted by Gasteiger charge is -2.19. The smallest absolute Gasteiger partial charge is 0.290 e. The van der Waals surface area contributed by atoms with Gasteiger partial charge in [-0.1, -0.05) is 30.3 Å². The SMILES string of the molecule is CN(c1ccccc1)c1cc(/C=C2/SC(=O)NC2=O)nc(NCCNS(=O)(=O)c2cccc3cnccc23)n1. The van der Waals surface area contributed by atoms with Crippen molar-refractivity contribution in [2.45, 2.75) is 4.90 Å². The molecule has 39 heavy (non-hydrogen) atoms. The topological polar surface area (TPSA) is 146 Å². The van der Waals surface area contributed by atoms with E-state index in [1.165, 1.54) is 6.08 Å². The summed E-state index contributed by atoms with van der Waals surface area (Å²) >= 11 is 0.794. The Balaban J connectivity index is 1.34. The predicted octanol–water partition coefficient (Wildman–Crippen LogP) is 3.51. The quantitative estimate of drug-likeness (QED) is 0.205. The van der Waals surface area contributed by atoms with E-state index in [4.69, 9.17) is 0 Å². The monoisotopic (exact) mass is 561 g/mol. The van der Waals surface area contributed by atoms with Gasteiger partial charge in [0.05, 0.1) is 15.5 Å². The summed E-state index contributed by atoms with van der Waals surface area (Å²) in [4.78, 5) is 38.9. The van der Waals surface area contributed by atoms with Gasteiger partial charge in [-0.05, 0) is 42.1 Å². The molecule has 0 saturated carbocycles. The lowest BCUT2D eigenvalue weighted by molar-refractivity contribution is -0.115. The van der Waals surface area contributed by atoms with Gasteiger partial charge < -0.3 is 10.2 Å². The summed E-state index contributed by atoms with van der Waals surface area (Å²) in [5.41, 5.74) is 1.28. The summed E-state index contributed by atoms with van der Waals surface area (Å²) in [5, 5.41) is 6.13. The molecule has 1 aliphatic rings. The van der Waals surface area contributed by atoms with Crippen LogP contribution >= 0.6 is 11.8 Å². The van der Waals surface area contributed by atoms with Crippen molar-refractivity contribution < 1.29 is 18.0 Å². The van der Waals surface area contributed by atoms with Gasteiger partial charge in [-0.2, -0.15) is 4.98 Å². The van der Waals surface area contributed by atoms with Crippen LogP contribution in [0.4, 0.5) is 22.2 Å². The van der Waals surface area contributed by atoms with Crippen LogP contribution < -0.4 is 20.3 Å². The standard InChI is InChI=1S/C26H23N7O4S2/c1-33(19-7-3-2-4-8-19)23-15-18(14-21-24(34)32-26(35)38-21)30-25(31-23)28-12-13-29-39(36,37)22-9-5-6-17-16-27-11-10-20(17)22/h2-11,14-16,29H,12-13H2,1H3,(H,28,30,31)(H,32,34,35)/b21-14+. The predicted molar refractivity (Wildman–Crippen MR) is 151 cm³/mol. The molecule has 2 amide bonds. The first-order valence-corrected chi connectivity index (χ1v) is 14.1. The van der Waals surface area contributed by atoms with E-state index < -0.39 is 21.2 Å². The Morgan fingerprint density at radius 2 is 1.85 bits per heavy atom. The third kappa shape index (κ3) is 6.06. The van der Waals surface area contributed by atoms with Gasteiger partial charge in [-0.25, -0.2) is 18.1 Å². The molecule has 11 nitrogen and oxygen atoms in total. The van der Waals surface area contributed by atoms with Crippen molar-refractivity contribution in [3.63, 3.8) is 0 Å². The molecule has 13 heteroatoms. The van der Waals surface area contributed by atoms with E-state index in [1.54, 1.807) is 42.7 Å². The Morgan fingerprint density at radius 3 is 2.62 bits per heavy atom. The molecule has 0 radical (unpaired) electrons. The highest BCUT2D eigenvalue weighted by Gasteiger charge is 2.25. The number of fused-ring (bicyclic) bond motifs is 1. The van der Waals surface area contributed by atoms with Crippen molar-refractivity contribution >= 4 is 67.2 Å². The minimum atomic E-state index is -3.79. The zero-order chi connectivity index (χ0) is 27.4. The van der Waals surface area contributed by atoms with Crippen LogP contribution in [0.25, 0.3) is 16.8 Å². The lowest BCUT2D eigenvalue weighted by Crippen LogP contribution is -2.29. The highest BCUT2D eigenvalue weighted by molar-refractivity contribution is 8.18. The van der Waals surface area contributed by atoms with E-state index in [-0.39, 0.29) is 28.8 Å². The summed E-state index contributed by atoms with van der Waals surface area (Å²) in [6.45, 7) is 0.253. The Hall–Kier alpha value is -4.33. The largest absolute Gasteiger partial charge is 0.353 e. The van der Waals surface area contributed by atoms with Crippen molar-refractivity contribution in [3.05, 3.63) is 83.7 Å². The molecular formula is C26H23N7O4S2. The van der Waals surface area contributed by atoms with Gasteiger partial charge in [0, 0.05) is 55.1 Å². The van der Waals surface area contributed by atoms with Gasteiger partial charge in [0.25, 0.3) is 11.1 Å². The zero-order valence-corrected chi connectivity index (χ0v) is 22.3. The van der Waals surface area contributed by atoms with E-state index in [0.29, 0.717) is 16.9 Å². The fraction of sp³-hybridized carbons (Fsp3) is 0.115. The molecule has 2 aromatic carbocycles. The van der Waals surface area contributed by atoms with Gasteiger partial charge in [-0.3, -0.25) is 19.9 Å². The van der Waals surface area contributed by atoms with Crippen LogP contribution in [-0.4, -0.2) is 54.7 Å². The normalized spacial score (nSPS) is 14.5. The number of imide groups is 1. The highest BCUT2D eigenvalue weighted by atomic mass is 32.2. The number of nitrogens with one attached hydrogen (secondary N) is 3. The van der Waals surface area contributed by atoms with Gasteiger partial charge in [-0.15, -0.1) is 0 Å². The van der Waals surface area contributed by atoms with Gasteiger partial charge in [0.2, 0.25) is 16.0 Å². The average Bonchev–Trinajstić information content (AvgIpc) is 3.26. The summed E-state index contributed by atoms with van der Waals surface area (Å²) in [6, 6.07) is 17.9. The zero-order valence-electron chi connectivity index (χ0n) is 20.7. The van der Waals surface area contributed by atoms with Crippen LogP contribution in [0.2, 0.25) is 0 Å². The first-order valence-electron chi connectivity index (χ1n) is 11.8. The number of thioether (sulfide) groups is 1. The van der Waals surface area contributed by atoms with Crippen LogP contribution in [-0.2, 0) is 14.8 Å². The molecule has 3 heterocycles. The van der Waals surface area contributed by atoms with Crippen molar-refractivity contribution in [3.8, 4) is 0 Å². The van der Waals surface area contributed by atoms with Gasteiger partial charge in [0.1, 0.15) is 5.82 Å². The summed E-state index contributed by atoms with van der Waals surface area (Å²) < 4.78 is 28.6. The minimum Gasteiger partial charge on any atom is -0.353 e. The van der Waals surface area contributed by atoms with E-state index in [2.05, 4.69) is 30.3 Å². The molecular weight excluding hydrogens is 538 g/mol. The van der Waals surface area contributed by atoms with Crippen molar-refractivity contribution in [1.82, 2.24) is 25.0 Å². The number of para-hydroxylation sites is 1. The molecule has 0 unspecified atom stereocenters. The number of anilines is 3. The number of nitrogens with zero attached hydrogens (tertiary/aromatic N) is 4. The van der Waals surface area contributed by atoms with Crippen molar-refractivity contribution in [1.29, 1.82) is 0 Å². The maximum Gasteiger partial charge on any atom is 0.290 e. The third-order valence-electron chi connectivity index (χ3n) is 5.77. The van der Waals surface area contributed by atoms with Crippen LogP contribution in [0.5, 0.6) is 0 Å². The molecule has 2 aromatic heterocycles. The van der Waals surface area contributed by atoms with Gasteiger partial charge >= 0.3 is 0 Å². The molecule has 4 aromatic rings. The summed E-state index contributed by atoms with van der Waals surface area (Å²) in [6.07, 6.45) is 4.68. The molecule has 0 atom stereocenters. The Kier molecular flexibility index (Phi) is 7.54. The van der Waals surface area contributed by atoms with Crippen LogP contribution in [0.1, 0.15) is 5.69 Å². The maximum atomic E-state index is 13.0. The number of amides is 2. The second kappa shape index (κ2) is 11.2. The lowest BCUT2D eigenvalue weighted by atomic mass is 10.2. The first-order chi connectivity index (χ1) is 18.8. The van der Waals surface area contributed by atoms with E-state index in [0.717, 1.165) is 22.8 Å². The van der Waals surface area contributed by atoms with Crippen LogP contribution in [0.3, 0.4) is 0 Å². The molecule has 5 rings (SSSR count). The fourth-order valence-electron chi connectivity index (χ4n) is 3.88. The van der Waals surface area contributed by atoms with E-state index >= 15 is 0 Å². The highest BCUT2D eigenvalue weighted by Crippen LogP contribution is 2.28. The Morgan fingerprint density at radius 1 is 1.03 bits per heavy atom. The molecule has 1 fully saturated rings. The molecule has 1 saturated heterocycles. The summed E-state index contributed by atoms with van der Waals surface area (Å²) in [5.74, 6) is 0.271. The van der Waals surface area contributed by atoms with E-state index in [1.807, 2.05) is 42.3 Å². The van der Waals surface area contributed by atoms with Gasteiger partial charge in [0.15, 0.2) is 0 Å². The Labute approximate surface area is 228 Å². The van der Waals surface area contributed by atoms with Crippen molar-refractivity contribution in [2.75, 3.05) is 30.4 Å². The molecule has 0 bridgehead atoms. The number of carbonyl (C=O) groups is 2. The van der Waals surface area contributed by atoms with Crippen LogP contribution in [0, 0.1) is 0 Å². The number of hydrogen-bond donors (Lipinski definition) is 3. The molecule has 3 N–H and O–H groups in total. The average molecular weight is 562 g/mol. The van der Waals surface area contributed by atoms with Crippen molar-refractivity contribution in [2.24, 2.45) is 0 Å². The Bertz CT molecular complexity index is 1690. The first kappa shape index (κ1) is 26.3. The maximum absolute atomic E-state index is 13.0. The molecule has 0 aliphatic carbocycles. The molecule has 0 spiro atoms. The second-order valence-electron chi connectivity index (χ2n) is 8.40. The number of pyridine rings is 1. The fourth-order valence-corrected chi connectivity index (χ4v) is 5.81. The molecule has 198 valence electrons. The van der Waals surface area contributed by atoms with Crippen LogP contribution in [0.15, 0.2) is 82.9 Å². The number of rotatable bonds is 9.